The molecule has 0 bridgehead atoms. The van der Waals surface area contributed by atoms with E-state index in [-0.39, 0.29) is 5.91 Å². The molecule has 1 aliphatic carbocycles. The molecule has 3 aliphatic rings. The van der Waals surface area contributed by atoms with E-state index in [0.717, 1.165) is 29.8 Å². The van der Waals surface area contributed by atoms with Crippen molar-refractivity contribution >= 4 is 27.8 Å². The van der Waals surface area contributed by atoms with Gasteiger partial charge in [0.05, 0.1) is 6.61 Å². The molecule has 192 valence electrons. The Bertz CT molecular complexity index is 1040. The Morgan fingerprint density at radius 2 is 1.86 bits per heavy atom. The number of hydroxylamine groups is 1. The summed E-state index contributed by atoms with van der Waals surface area (Å²) in [4.78, 5) is 23.0. The van der Waals surface area contributed by atoms with E-state index in [1.54, 1.807) is 6.08 Å². The van der Waals surface area contributed by atoms with Gasteiger partial charge in [-0.05, 0) is 48.8 Å². The zero-order valence-electron chi connectivity index (χ0n) is 20.8. The number of sulfonamides is 1. The summed E-state index contributed by atoms with van der Waals surface area (Å²) in [5.74, 6) is 1.57. The third kappa shape index (κ3) is 6.58. The van der Waals surface area contributed by atoms with Crippen LogP contribution in [0.15, 0.2) is 34.7 Å². The molecular weight excluding hydrogens is 464 g/mol. The molecule has 0 aromatic heterocycles. The van der Waals surface area contributed by atoms with Gasteiger partial charge >= 0.3 is 0 Å². The molecule has 2 N–H and O–H groups in total. The van der Waals surface area contributed by atoms with Crippen molar-refractivity contribution < 1.29 is 18.0 Å². The average Bonchev–Trinajstić information content (AvgIpc) is 3.17. The zero-order valence-corrected chi connectivity index (χ0v) is 21.6. The molecule has 2 aliphatic heterocycles. The summed E-state index contributed by atoms with van der Waals surface area (Å²) < 4.78 is 27.3. The number of hydrogen-bond acceptors (Lipinski definition) is 6. The molecule has 9 heteroatoms. The first kappa shape index (κ1) is 26.0. The van der Waals surface area contributed by atoms with Gasteiger partial charge in [0.2, 0.25) is 10.0 Å². The molecule has 1 saturated carbocycles. The molecule has 2 heterocycles. The van der Waals surface area contributed by atoms with Crippen LogP contribution in [0.5, 0.6) is 0 Å². The fourth-order valence-electron chi connectivity index (χ4n) is 4.92. The summed E-state index contributed by atoms with van der Waals surface area (Å²) in [6.07, 6.45) is 8.21. The summed E-state index contributed by atoms with van der Waals surface area (Å²) in [6.45, 7) is 6.00. The largest absolute Gasteiger partial charge is 0.312 e. The number of rotatable bonds is 9. The van der Waals surface area contributed by atoms with Crippen LogP contribution in [0.3, 0.4) is 0 Å². The lowest BCUT2D eigenvalue weighted by atomic mass is 9.88. The Morgan fingerprint density at radius 1 is 1.17 bits per heavy atom. The molecule has 35 heavy (non-hydrogen) atoms. The number of amides is 1. The second-order valence-electron chi connectivity index (χ2n) is 10.3. The molecule has 1 saturated heterocycles. The van der Waals surface area contributed by atoms with E-state index >= 15 is 0 Å². The van der Waals surface area contributed by atoms with Crippen molar-refractivity contribution in [1.29, 1.82) is 0 Å². The molecule has 0 atom stereocenters. The molecule has 2 fully saturated rings. The second-order valence-corrected chi connectivity index (χ2v) is 12.2. The van der Waals surface area contributed by atoms with Gasteiger partial charge in [-0.2, -0.15) is 9.79 Å². The smallest absolute Gasteiger partial charge is 0.253 e. The van der Waals surface area contributed by atoms with Crippen LogP contribution in [0.2, 0.25) is 0 Å². The molecular formula is C26H38N4O4S. The van der Waals surface area contributed by atoms with Crippen LogP contribution < -0.4 is 10.8 Å². The molecule has 1 aromatic rings. The highest BCUT2D eigenvalue weighted by Gasteiger charge is 2.48. The topological polar surface area (TPSA) is 100 Å². The SMILES string of the molecule is CC(C)CONCc1ccc(/C=C/S(=O)(=O)N2CCC3(CC2)N=C(C2CCCCC2)NC3=O)cc1. The first-order valence-electron chi connectivity index (χ1n) is 12.8. The van der Waals surface area contributed by atoms with E-state index in [4.69, 9.17) is 9.83 Å². The minimum absolute atomic E-state index is 0.0603. The van der Waals surface area contributed by atoms with Crippen LogP contribution >= 0.6 is 0 Å². The van der Waals surface area contributed by atoms with Gasteiger partial charge in [0.25, 0.3) is 5.91 Å². The molecule has 8 nitrogen and oxygen atoms in total. The quantitative estimate of drug-likeness (QED) is 0.397. The van der Waals surface area contributed by atoms with Gasteiger partial charge in [0.15, 0.2) is 0 Å². The Hall–Kier alpha value is -2.07. The number of amidine groups is 1. The van der Waals surface area contributed by atoms with E-state index in [1.165, 1.54) is 29.0 Å². The van der Waals surface area contributed by atoms with Crippen molar-refractivity contribution in [3.05, 3.63) is 40.8 Å². The lowest BCUT2D eigenvalue weighted by Crippen LogP contribution is -2.50. The van der Waals surface area contributed by atoms with Crippen molar-refractivity contribution in [2.24, 2.45) is 16.8 Å². The maximum atomic E-state index is 12.9. The number of carbonyl (C=O) groups is 1. The normalized spacial score (nSPS) is 21.7. The van der Waals surface area contributed by atoms with E-state index in [9.17, 15) is 13.2 Å². The van der Waals surface area contributed by atoms with Gasteiger partial charge in [-0.15, -0.1) is 0 Å². The molecule has 0 radical (unpaired) electrons. The van der Waals surface area contributed by atoms with Crippen molar-refractivity contribution in [1.82, 2.24) is 15.1 Å². The molecule has 0 unspecified atom stereocenters. The average molecular weight is 503 g/mol. The van der Waals surface area contributed by atoms with Gasteiger partial charge in [0.1, 0.15) is 11.4 Å². The third-order valence-electron chi connectivity index (χ3n) is 7.11. The maximum Gasteiger partial charge on any atom is 0.253 e. The number of carbonyl (C=O) groups excluding carboxylic acids is 1. The minimum atomic E-state index is -3.57. The van der Waals surface area contributed by atoms with Gasteiger partial charge in [0, 0.05) is 31.0 Å². The van der Waals surface area contributed by atoms with Gasteiger partial charge in [-0.3, -0.25) is 9.79 Å². The lowest BCUT2D eigenvalue weighted by molar-refractivity contribution is -0.124. The van der Waals surface area contributed by atoms with Crippen LogP contribution in [0, 0.1) is 11.8 Å². The van der Waals surface area contributed by atoms with Crippen LogP contribution in [0.1, 0.15) is 69.9 Å². The summed E-state index contributed by atoms with van der Waals surface area (Å²) >= 11 is 0. The van der Waals surface area contributed by atoms with Crippen LogP contribution in [0.4, 0.5) is 0 Å². The number of hydrogen-bond donors (Lipinski definition) is 2. The lowest BCUT2D eigenvalue weighted by Gasteiger charge is -2.34. The zero-order chi connectivity index (χ0) is 24.9. The number of nitrogens with one attached hydrogen (secondary N) is 2. The van der Waals surface area contributed by atoms with Crippen LogP contribution in [-0.4, -0.2) is 49.7 Å². The summed E-state index contributed by atoms with van der Waals surface area (Å²) in [7, 11) is -3.57. The van der Waals surface area contributed by atoms with Crippen molar-refractivity contribution in [2.45, 2.75) is 70.9 Å². The molecule has 4 rings (SSSR count). The maximum absolute atomic E-state index is 12.9. The van der Waals surface area contributed by atoms with Crippen molar-refractivity contribution in [3.63, 3.8) is 0 Å². The number of benzene rings is 1. The van der Waals surface area contributed by atoms with Gasteiger partial charge in [-0.25, -0.2) is 8.42 Å². The molecule has 1 amide bonds. The number of aliphatic imine (C=N–C) groups is 1. The highest BCUT2D eigenvalue weighted by Crippen LogP contribution is 2.34. The summed E-state index contributed by atoms with van der Waals surface area (Å²) in [6, 6.07) is 7.68. The predicted molar refractivity (Wildman–Crippen MR) is 138 cm³/mol. The van der Waals surface area contributed by atoms with E-state index in [2.05, 4.69) is 24.6 Å². The van der Waals surface area contributed by atoms with Crippen molar-refractivity contribution in [2.75, 3.05) is 19.7 Å². The highest BCUT2D eigenvalue weighted by atomic mass is 32.2. The highest BCUT2D eigenvalue weighted by molar-refractivity contribution is 7.92. The fourth-order valence-corrected chi connectivity index (χ4v) is 6.11. The summed E-state index contributed by atoms with van der Waals surface area (Å²) in [5.41, 5.74) is 4.00. The first-order valence-corrected chi connectivity index (χ1v) is 14.3. The molecule has 1 aromatic carbocycles. The predicted octanol–water partition coefficient (Wildman–Crippen LogP) is 3.61. The minimum Gasteiger partial charge on any atom is -0.312 e. The van der Waals surface area contributed by atoms with Gasteiger partial charge in [-0.1, -0.05) is 57.4 Å². The Balaban J connectivity index is 1.31. The van der Waals surface area contributed by atoms with Crippen molar-refractivity contribution in [3.8, 4) is 0 Å². The monoisotopic (exact) mass is 502 g/mol. The fraction of sp³-hybridized carbons (Fsp3) is 0.615. The van der Waals surface area contributed by atoms with E-state index < -0.39 is 15.6 Å². The van der Waals surface area contributed by atoms with E-state index in [1.807, 2.05) is 24.3 Å². The van der Waals surface area contributed by atoms with E-state index in [0.29, 0.717) is 50.9 Å². The van der Waals surface area contributed by atoms with Gasteiger partial charge < -0.3 is 10.2 Å². The van der Waals surface area contributed by atoms with Crippen LogP contribution in [0.25, 0.3) is 6.08 Å². The molecule has 1 spiro atoms. The number of nitrogens with zero attached hydrogens (tertiary/aromatic N) is 2. The Morgan fingerprint density at radius 3 is 2.51 bits per heavy atom. The Labute approximate surface area is 209 Å². The summed E-state index contributed by atoms with van der Waals surface area (Å²) in [5, 5.41) is 4.29. The van der Waals surface area contributed by atoms with Crippen LogP contribution in [-0.2, 0) is 26.2 Å². The number of piperidine rings is 1. The second kappa shape index (κ2) is 11.3. The standard InChI is InChI=1S/C26H38N4O4S/c1-20(2)19-34-27-18-22-10-8-21(9-11-22)12-17-35(32,33)30-15-13-26(14-16-30)25(31)28-24(29-26)23-6-4-3-5-7-23/h8-12,17,20,23,27H,3-7,13-16,18-19H2,1-2H3,(H,28,29,31)/b17-12+. The Kier molecular flexibility index (Phi) is 8.42. The first-order chi connectivity index (χ1) is 16.8. The third-order valence-corrected chi connectivity index (χ3v) is 8.67.